The molecule has 0 fully saturated rings. The number of hydrogen-bond acceptors (Lipinski definition) is 3. The van der Waals surface area contributed by atoms with Crippen LogP contribution < -0.4 is 10.1 Å². The molecule has 0 saturated heterocycles. The minimum atomic E-state index is -0.326. The third-order valence-electron chi connectivity index (χ3n) is 3.64. The highest BCUT2D eigenvalue weighted by molar-refractivity contribution is 6.33. The van der Waals surface area contributed by atoms with Gasteiger partial charge in [0.25, 0.3) is 5.91 Å². The Morgan fingerprint density at radius 3 is 2.62 bits per heavy atom. The molecule has 0 unspecified atom stereocenters. The van der Waals surface area contributed by atoms with Gasteiger partial charge in [-0.05, 0) is 36.8 Å². The van der Waals surface area contributed by atoms with E-state index in [2.05, 4.69) is 10.4 Å². The van der Waals surface area contributed by atoms with Crippen LogP contribution in [0, 0.1) is 0 Å². The molecular formula is C19H17Cl2N3O2. The lowest BCUT2D eigenvalue weighted by atomic mass is 10.2. The number of carbonyl (C=O) groups is 1. The first kappa shape index (κ1) is 18.3. The van der Waals surface area contributed by atoms with Crippen LogP contribution >= 0.6 is 23.2 Å². The van der Waals surface area contributed by atoms with Gasteiger partial charge in [0, 0.05) is 11.2 Å². The maximum absolute atomic E-state index is 12.6. The molecular weight excluding hydrogens is 373 g/mol. The molecule has 0 atom stereocenters. The number of benzene rings is 2. The van der Waals surface area contributed by atoms with Crippen molar-refractivity contribution in [1.29, 1.82) is 0 Å². The van der Waals surface area contributed by atoms with Crippen LogP contribution in [0.5, 0.6) is 5.75 Å². The largest absolute Gasteiger partial charge is 0.493 e. The average molecular weight is 390 g/mol. The lowest BCUT2D eigenvalue weighted by Crippen LogP contribution is -2.14. The minimum Gasteiger partial charge on any atom is -0.493 e. The average Bonchev–Trinajstić information content (AvgIpc) is 2.97. The molecule has 3 rings (SSSR count). The van der Waals surface area contributed by atoms with E-state index in [-0.39, 0.29) is 5.91 Å². The summed E-state index contributed by atoms with van der Waals surface area (Å²) in [6.45, 7) is 2.85. The van der Waals surface area contributed by atoms with E-state index in [1.165, 1.54) is 0 Å². The SMILES string of the molecule is CCOc1ccccc1C(=O)Nc1nn(Cc2ccc(Cl)cc2)cc1Cl. The molecule has 0 saturated carbocycles. The Morgan fingerprint density at radius 1 is 1.15 bits per heavy atom. The zero-order chi connectivity index (χ0) is 18.5. The highest BCUT2D eigenvalue weighted by Gasteiger charge is 2.16. The standard InChI is InChI=1S/C19H17Cl2N3O2/c1-2-26-17-6-4-3-5-15(17)19(25)22-18-16(21)12-24(23-18)11-13-7-9-14(20)10-8-13/h3-10,12H,2,11H2,1H3,(H,22,23,25). The molecule has 1 aromatic heterocycles. The summed E-state index contributed by atoms with van der Waals surface area (Å²) in [6.07, 6.45) is 1.67. The van der Waals surface area contributed by atoms with Gasteiger partial charge in [-0.15, -0.1) is 0 Å². The Balaban J connectivity index is 1.75. The van der Waals surface area contributed by atoms with Crippen molar-refractivity contribution in [3.05, 3.63) is 75.9 Å². The Labute approximate surface area is 161 Å². The highest BCUT2D eigenvalue weighted by Crippen LogP contribution is 2.24. The molecule has 1 amide bonds. The minimum absolute atomic E-state index is 0.303. The van der Waals surface area contributed by atoms with Crippen LogP contribution in [0.3, 0.4) is 0 Å². The number of nitrogens with one attached hydrogen (secondary N) is 1. The molecule has 0 aliphatic heterocycles. The zero-order valence-corrected chi connectivity index (χ0v) is 15.6. The third kappa shape index (κ3) is 4.36. The summed E-state index contributed by atoms with van der Waals surface area (Å²) in [7, 11) is 0. The lowest BCUT2D eigenvalue weighted by Gasteiger charge is -2.09. The third-order valence-corrected chi connectivity index (χ3v) is 4.17. The van der Waals surface area contributed by atoms with Crippen LogP contribution in [0.1, 0.15) is 22.8 Å². The topological polar surface area (TPSA) is 56.1 Å². The van der Waals surface area contributed by atoms with Crippen molar-refractivity contribution in [3.8, 4) is 5.75 Å². The van der Waals surface area contributed by atoms with Gasteiger partial charge in [-0.2, -0.15) is 5.10 Å². The van der Waals surface area contributed by atoms with Gasteiger partial charge in [0.05, 0.1) is 18.7 Å². The summed E-state index contributed by atoms with van der Waals surface area (Å²) in [5, 5.41) is 8.12. The number of aromatic nitrogens is 2. The molecule has 5 nitrogen and oxygen atoms in total. The lowest BCUT2D eigenvalue weighted by molar-refractivity contribution is 0.102. The summed E-state index contributed by atoms with van der Waals surface area (Å²) in [4.78, 5) is 12.6. The molecule has 7 heteroatoms. The summed E-state index contributed by atoms with van der Waals surface area (Å²) in [5.74, 6) is 0.494. The van der Waals surface area contributed by atoms with Gasteiger partial charge in [-0.1, -0.05) is 47.5 Å². The number of para-hydroxylation sites is 1. The van der Waals surface area contributed by atoms with Crippen LogP contribution in [0.2, 0.25) is 10.0 Å². The first-order valence-corrected chi connectivity index (χ1v) is 8.83. The molecule has 26 heavy (non-hydrogen) atoms. The molecule has 1 N–H and O–H groups in total. The fourth-order valence-corrected chi connectivity index (χ4v) is 2.77. The van der Waals surface area contributed by atoms with Crippen LogP contribution in [0.25, 0.3) is 0 Å². The molecule has 0 radical (unpaired) electrons. The second kappa shape index (κ2) is 8.25. The normalized spacial score (nSPS) is 10.6. The van der Waals surface area contributed by atoms with E-state index >= 15 is 0 Å². The van der Waals surface area contributed by atoms with E-state index in [1.807, 2.05) is 37.3 Å². The number of halogens is 2. The number of rotatable bonds is 6. The number of amides is 1. The maximum atomic E-state index is 12.6. The predicted octanol–water partition coefficient (Wildman–Crippen LogP) is 4.89. The van der Waals surface area contributed by atoms with Crippen molar-refractivity contribution in [1.82, 2.24) is 9.78 Å². The zero-order valence-electron chi connectivity index (χ0n) is 14.1. The van der Waals surface area contributed by atoms with Crippen molar-refractivity contribution in [2.75, 3.05) is 11.9 Å². The Bertz CT molecular complexity index is 907. The van der Waals surface area contributed by atoms with Gasteiger partial charge in [-0.3, -0.25) is 9.48 Å². The summed E-state index contributed by atoms with van der Waals surface area (Å²) in [5.41, 5.74) is 1.45. The van der Waals surface area contributed by atoms with Crippen molar-refractivity contribution in [2.24, 2.45) is 0 Å². The van der Waals surface area contributed by atoms with Crippen LogP contribution in [-0.4, -0.2) is 22.3 Å². The molecule has 134 valence electrons. The van der Waals surface area contributed by atoms with E-state index < -0.39 is 0 Å². The Kier molecular flexibility index (Phi) is 5.81. The van der Waals surface area contributed by atoms with E-state index in [9.17, 15) is 4.79 Å². The van der Waals surface area contributed by atoms with Crippen molar-refractivity contribution in [2.45, 2.75) is 13.5 Å². The van der Waals surface area contributed by atoms with Gasteiger partial charge in [0.2, 0.25) is 0 Å². The predicted molar refractivity (Wildman–Crippen MR) is 103 cm³/mol. The second-order valence-electron chi connectivity index (χ2n) is 5.53. The fraction of sp³-hybridized carbons (Fsp3) is 0.158. The molecule has 1 heterocycles. The number of carbonyl (C=O) groups excluding carboxylic acids is 1. The second-order valence-corrected chi connectivity index (χ2v) is 6.38. The van der Waals surface area contributed by atoms with Crippen LogP contribution in [0.15, 0.2) is 54.7 Å². The Hall–Kier alpha value is -2.50. The van der Waals surface area contributed by atoms with Crippen molar-refractivity contribution >= 4 is 34.9 Å². The first-order chi connectivity index (χ1) is 12.6. The molecule has 0 bridgehead atoms. The van der Waals surface area contributed by atoms with Crippen molar-refractivity contribution in [3.63, 3.8) is 0 Å². The van der Waals surface area contributed by atoms with Gasteiger partial charge in [-0.25, -0.2) is 0 Å². The number of nitrogens with zero attached hydrogens (tertiary/aromatic N) is 2. The highest BCUT2D eigenvalue weighted by atomic mass is 35.5. The quantitative estimate of drug-likeness (QED) is 0.652. The maximum Gasteiger partial charge on any atom is 0.260 e. The first-order valence-electron chi connectivity index (χ1n) is 8.07. The van der Waals surface area contributed by atoms with E-state index in [0.717, 1.165) is 5.56 Å². The van der Waals surface area contributed by atoms with Crippen LogP contribution in [0.4, 0.5) is 5.82 Å². The molecule has 0 aliphatic carbocycles. The van der Waals surface area contributed by atoms with E-state index in [1.54, 1.807) is 29.1 Å². The monoisotopic (exact) mass is 389 g/mol. The van der Waals surface area contributed by atoms with Gasteiger partial charge in [0.15, 0.2) is 5.82 Å². The van der Waals surface area contributed by atoms with E-state index in [4.69, 9.17) is 27.9 Å². The number of ether oxygens (including phenoxy) is 1. The van der Waals surface area contributed by atoms with Gasteiger partial charge >= 0.3 is 0 Å². The molecule has 0 spiro atoms. The summed E-state index contributed by atoms with van der Waals surface area (Å²) in [6, 6.07) is 14.5. The smallest absolute Gasteiger partial charge is 0.260 e. The van der Waals surface area contributed by atoms with Crippen molar-refractivity contribution < 1.29 is 9.53 Å². The van der Waals surface area contributed by atoms with Gasteiger partial charge in [0.1, 0.15) is 10.8 Å². The summed E-state index contributed by atoms with van der Waals surface area (Å²) < 4.78 is 7.15. The number of anilines is 1. The van der Waals surface area contributed by atoms with Crippen LogP contribution in [-0.2, 0) is 6.54 Å². The molecule has 0 aliphatic rings. The molecule has 3 aromatic rings. The number of hydrogen-bond donors (Lipinski definition) is 1. The molecule has 2 aromatic carbocycles. The fourth-order valence-electron chi connectivity index (χ4n) is 2.45. The summed E-state index contributed by atoms with van der Waals surface area (Å²) >= 11 is 12.1. The Morgan fingerprint density at radius 2 is 1.88 bits per heavy atom. The van der Waals surface area contributed by atoms with Gasteiger partial charge < -0.3 is 10.1 Å². The van der Waals surface area contributed by atoms with E-state index in [0.29, 0.717) is 40.3 Å².